The Bertz CT molecular complexity index is 936. The Morgan fingerprint density at radius 3 is 2.76 bits per heavy atom. The van der Waals surface area contributed by atoms with Gasteiger partial charge in [0.1, 0.15) is 0 Å². The van der Waals surface area contributed by atoms with Gasteiger partial charge >= 0.3 is 0 Å². The van der Waals surface area contributed by atoms with Crippen LogP contribution in [0.4, 0.5) is 5.69 Å². The number of furan rings is 1. The second-order valence-corrected chi connectivity index (χ2v) is 6.13. The fourth-order valence-electron chi connectivity index (χ4n) is 2.61. The summed E-state index contributed by atoms with van der Waals surface area (Å²) in [6.45, 7) is 3.88. The van der Waals surface area contributed by atoms with Gasteiger partial charge in [-0.15, -0.1) is 24.0 Å². The van der Waals surface area contributed by atoms with E-state index in [1.807, 2.05) is 49.0 Å². The molecule has 0 radical (unpaired) electrons. The predicted octanol–water partition coefficient (Wildman–Crippen LogP) is 3.14. The molecule has 0 aliphatic carbocycles. The minimum absolute atomic E-state index is 0. The molecule has 0 aliphatic heterocycles. The van der Waals surface area contributed by atoms with Crippen molar-refractivity contribution in [1.29, 1.82) is 0 Å². The predicted molar refractivity (Wildman–Crippen MR) is 123 cm³/mol. The molecule has 0 unspecified atom stereocenters. The van der Waals surface area contributed by atoms with Gasteiger partial charge in [0.25, 0.3) is 5.91 Å². The van der Waals surface area contributed by atoms with E-state index >= 15 is 0 Å². The minimum Gasteiger partial charge on any atom is -0.459 e. The average molecular weight is 508 g/mol. The number of aromatic nitrogens is 2. The van der Waals surface area contributed by atoms with E-state index in [4.69, 9.17) is 4.42 Å². The van der Waals surface area contributed by atoms with Crippen LogP contribution in [-0.4, -0.2) is 28.2 Å². The minimum atomic E-state index is -0.281. The lowest BCUT2D eigenvalue weighted by Crippen LogP contribution is -2.37. The maximum Gasteiger partial charge on any atom is 0.291 e. The lowest BCUT2D eigenvalue weighted by molar-refractivity contribution is 0.0996. The van der Waals surface area contributed by atoms with E-state index in [0.29, 0.717) is 24.7 Å². The third-order valence-corrected chi connectivity index (χ3v) is 4.05. The summed E-state index contributed by atoms with van der Waals surface area (Å²) < 4.78 is 6.93. The molecule has 3 aromatic rings. The molecule has 8 nitrogen and oxygen atoms in total. The van der Waals surface area contributed by atoms with E-state index < -0.39 is 0 Å². The van der Waals surface area contributed by atoms with Crippen LogP contribution < -0.4 is 16.0 Å². The van der Waals surface area contributed by atoms with Crippen LogP contribution in [-0.2, 0) is 20.1 Å². The second kappa shape index (κ2) is 11.2. The third kappa shape index (κ3) is 6.63. The van der Waals surface area contributed by atoms with Gasteiger partial charge in [-0.2, -0.15) is 5.10 Å². The number of hydrogen-bond donors (Lipinski definition) is 3. The number of guanidine groups is 1. The lowest BCUT2D eigenvalue weighted by atomic mass is 10.2. The third-order valence-electron chi connectivity index (χ3n) is 4.05. The molecular formula is C20H25IN6O2. The van der Waals surface area contributed by atoms with Crippen molar-refractivity contribution in [3.05, 3.63) is 71.9 Å². The van der Waals surface area contributed by atoms with E-state index in [2.05, 4.69) is 26.0 Å². The van der Waals surface area contributed by atoms with E-state index in [-0.39, 0.29) is 35.6 Å². The fourth-order valence-corrected chi connectivity index (χ4v) is 2.61. The molecule has 0 atom stereocenters. The monoisotopic (exact) mass is 508 g/mol. The lowest BCUT2D eigenvalue weighted by Gasteiger charge is -2.12. The first-order valence-corrected chi connectivity index (χ1v) is 9.08. The summed E-state index contributed by atoms with van der Waals surface area (Å²) in [6.07, 6.45) is 3.24. The van der Waals surface area contributed by atoms with Crippen LogP contribution in [0.25, 0.3) is 0 Å². The number of amides is 1. The molecule has 0 spiro atoms. The highest BCUT2D eigenvalue weighted by Crippen LogP contribution is 2.13. The molecule has 3 rings (SSSR count). The van der Waals surface area contributed by atoms with Crippen LogP contribution in [0.1, 0.15) is 28.7 Å². The number of nitrogens with zero attached hydrogens (tertiary/aromatic N) is 3. The molecule has 0 fully saturated rings. The van der Waals surface area contributed by atoms with Crippen LogP contribution in [0, 0.1) is 0 Å². The van der Waals surface area contributed by atoms with Gasteiger partial charge in [0.2, 0.25) is 0 Å². The van der Waals surface area contributed by atoms with Crippen molar-refractivity contribution < 1.29 is 9.21 Å². The number of halogens is 1. The summed E-state index contributed by atoms with van der Waals surface area (Å²) in [5.41, 5.74) is 2.74. The maximum atomic E-state index is 12.1. The van der Waals surface area contributed by atoms with Crippen LogP contribution in [0.15, 0.2) is 64.3 Å². The van der Waals surface area contributed by atoms with Gasteiger partial charge in [-0.05, 0) is 42.8 Å². The molecule has 0 saturated heterocycles. The number of carbonyl (C=O) groups is 1. The van der Waals surface area contributed by atoms with E-state index in [1.165, 1.54) is 6.26 Å². The smallest absolute Gasteiger partial charge is 0.291 e. The number of hydrogen-bond acceptors (Lipinski definition) is 4. The summed E-state index contributed by atoms with van der Waals surface area (Å²) in [5.74, 6) is 0.711. The molecule has 29 heavy (non-hydrogen) atoms. The van der Waals surface area contributed by atoms with Crippen molar-refractivity contribution in [2.45, 2.75) is 20.0 Å². The van der Waals surface area contributed by atoms with Gasteiger partial charge in [0.15, 0.2) is 11.7 Å². The number of carbonyl (C=O) groups excluding carboxylic acids is 1. The molecule has 1 aromatic carbocycles. The molecule has 0 aliphatic rings. The van der Waals surface area contributed by atoms with Crippen molar-refractivity contribution >= 4 is 41.5 Å². The van der Waals surface area contributed by atoms with Crippen LogP contribution in [0.3, 0.4) is 0 Å². The molecule has 154 valence electrons. The topological polar surface area (TPSA) is 96.5 Å². The van der Waals surface area contributed by atoms with Gasteiger partial charge in [-0.25, -0.2) is 4.99 Å². The summed E-state index contributed by atoms with van der Waals surface area (Å²) in [5, 5.41) is 13.5. The summed E-state index contributed by atoms with van der Waals surface area (Å²) in [4.78, 5) is 16.7. The van der Waals surface area contributed by atoms with E-state index in [0.717, 1.165) is 17.8 Å². The highest BCUT2D eigenvalue weighted by Gasteiger charge is 2.09. The van der Waals surface area contributed by atoms with Crippen molar-refractivity contribution in [3.63, 3.8) is 0 Å². The Morgan fingerprint density at radius 1 is 1.21 bits per heavy atom. The zero-order valence-electron chi connectivity index (χ0n) is 16.4. The molecule has 9 heteroatoms. The first kappa shape index (κ1) is 22.5. The molecule has 2 heterocycles. The number of anilines is 1. The summed E-state index contributed by atoms with van der Waals surface area (Å²) in [7, 11) is 1.91. The van der Waals surface area contributed by atoms with Crippen LogP contribution in [0.5, 0.6) is 0 Å². The number of aryl methyl sites for hydroxylation is 1. The standard InChI is InChI=1S/C20H24N6O2.HI/c1-3-21-20(23-14-17-9-10-24-26(17)2)22-13-15-6-4-7-16(12-15)25-19(27)18-8-5-11-28-18;/h4-12H,3,13-14H2,1-2H3,(H,25,27)(H2,21,22,23);1H. The van der Waals surface area contributed by atoms with Gasteiger partial charge in [0, 0.05) is 25.5 Å². The molecule has 3 N–H and O–H groups in total. The highest BCUT2D eigenvalue weighted by atomic mass is 127. The Balaban J connectivity index is 0.00000300. The Morgan fingerprint density at radius 2 is 2.07 bits per heavy atom. The van der Waals surface area contributed by atoms with Crippen molar-refractivity contribution in [2.75, 3.05) is 11.9 Å². The Hall–Kier alpha value is -2.82. The summed E-state index contributed by atoms with van der Waals surface area (Å²) >= 11 is 0. The Kier molecular flexibility index (Phi) is 8.71. The SMILES string of the molecule is CCNC(=NCc1cccc(NC(=O)c2ccco2)c1)NCc1ccnn1C.I. The molecule has 2 aromatic heterocycles. The number of rotatable bonds is 7. The fraction of sp³-hybridized carbons (Fsp3) is 0.250. The normalized spacial score (nSPS) is 10.9. The van der Waals surface area contributed by atoms with E-state index in [9.17, 15) is 4.79 Å². The van der Waals surface area contributed by atoms with E-state index in [1.54, 1.807) is 18.3 Å². The first-order valence-electron chi connectivity index (χ1n) is 9.08. The number of aliphatic imine (C=N–C) groups is 1. The zero-order chi connectivity index (χ0) is 19.8. The maximum absolute atomic E-state index is 12.1. The number of nitrogens with one attached hydrogen (secondary N) is 3. The molecule has 0 bridgehead atoms. The average Bonchev–Trinajstić information content (AvgIpc) is 3.36. The molecule has 0 saturated carbocycles. The van der Waals surface area contributed by atoms with Crippen molar-refractivity contribution in [3.8, 4) is 0 Å². The van der Waals surface area contributed by atoms with Gasteiger partial charge < -0.3 is 20.4 Å². The highest BCUT2D eigenvalue weighted by molar-refractivity contribution is 14.0. The first-order chi connectivity index (χ1) is 13.7. The van der Waals surface area contributed by atoms with Crippen molar-refractivity contribution in [1.82, 2.24) is 20.4 Å². The van der Waals surface area contributed by atoms with Gasteiger partial charge in [-0.1, -0.05) is 12.1 Å². The van der Waals surface area contributed by atoms with Crippen LogP contribution >= 0.6 is 24.0 Å². The molecule has 1 amide bonds. The van der Waals surface area contributed by atoms with Crippen molar-refractivity contribution in [2.24, 2.45) is 12.0 Å². The number of benzene rings is 1. The summed E-state index contributed by atoms with van der Waals surface area (Å²) in [6, 6.07) is 12.9. The second-order valence-electron chi connectivity index (χ2n) is 6.13. The Labute approximate surface area is 186 Å². The molecular weight excluding hydrogens is 483 g/mol. The largest absolute Gasteiger partial charge is 0.459 e. The quantitative estimate of drug-likeness (QED) is 0.259. The van der Waals surface area contributed by atoms with Crippen LogP contribution in [0.2, 0.25) is 0 Å². The van der Waals surface area contributed by atoms with Gasteiger partial charge in [0.05, 0.1) is 25.0 Å². The zero-order valence-corrected chi connectivity index (χ0v) is 18.7. The van der Waals surface area contributed by atoms with Gasteiger partial charge in [-0.3, -0.25) is 9.48 Å².